The molecule has 7 heteroatoms. The lowest BCUT2D eigenvalue weighted by Crippen LogP contribution is -2.56. The third kappa shape index (κ3) is 6.97. The van der Waals surface area contributed by atoms with Crippen LogP contribution in [-0.2, 0) is 13.9 Å². The molecule has 4 nitrogen and oxygen atoms in total. The fourth-order valence-corrected chi connectivity index (χ4v) is 5.32. The molecule has 0 fully saturated rings. The normalized spacial score (nSPS) is 19.6. The van der Waals surface area contributed by atoms with Gasteiger partial charge in [0, 0.05) is 15.8 Å². The maximum Gasteiger partial charge on any atom is 0.230 e. The Morgan fingerprint density at radius 1 is 1.10 bits per heavy atom. The minimum Gasteiger partial charge on any atom is -0.388 e. The fourth-order valence-electron chi connectivity index (χ4n) is 2.07. The van der Waals surface area contributed by atoms with Gasteiger partial charge in [0.1, 0.15) is 6.10 Å². The van der Waals surface area contributed by atoms with Crippen LogP contribution in [0.15, 0.2) is 0 Å². The topological polar surface area (TPSA) is 47.9 Å². The van der Waals surface area contributed by atoms with Gasteiger partial charge in [-0.2, -0.15) is 0 Å². The zero-order chi connectivity index (χ0) is 16.2. The van der Waals surface area contributed by atoms with Crippen LogP contribution in [0.25, 0.3) is 0 Å². The molecular formula is C13H34O4Si3. The highest BCUT2D eigenvalue weighted by atomic mass is 28.4. The third-order valence-electron chi connectivity index (χ3n) is 2.88. The number of aliphatic hydroxyl groups excluding tert-OH is 1. The van der Waals surface area contributed by atoms with Crippen molar-refractivity contribution in [3.63, 3.8) is 0 Å². The average Bonchev–Trinajstić information content (AvgIpc) is 2.21. The van der Waals surface area contributed by atoms with Crippen LogP contribution < -0.4 is 0 Å². The molecule has 3 atom stereocenters. The standard InChI is InChI=1S/C13H34O4Si3/c1-9-10-12(18)13(11(2)14,16-19(3,4)5)15-17-20(6,7)8/h11-12,14H,9-10H2,1-8,18H3. The summed E-state index contributed by atoms with van der Waals surface area (Å²) in [7, 11) is -2.81. The van der Waals surface area contributed by atoms with Crippen LogP contribution in [0.5, 0.6) is 0 Å². The first-order valence-corrected chi connectivity index (χ1v) is 15.6. The van der Waals surface area contributed by atoms with Gasteiger partial charge in [-0.1, -0.05) is 13.3 Å². The van der Waals surface area contributed by atoms with Gasteiger partial charge < -0.3 is 9.53 Å². The van der Waals surface area contributed by atoms with Crippen molar-refractivity contribution in [1.29, 1.82) is 0 Å². The van der Waals surface area contributed by atoms with Gasteiger partial charge in [-0.05, 0) is 52.6 Å². The van der Waals surface area contributed by atoms with Gasteiger partial charge in [-0.3, -0.25) is 4.58 Å². The Bertz CT molecular complexity index is 286. The number of rotatable bonds is 9. The lowest BCUT2D eigenvalue weighted by Gasteiger charge is -2.44. The van der Waals surface area contributed by atoms with Crippen molar-refractivity contribution in [3.05, 3.63) is 0 Å². The van der Waals surface area contributed by atoms with E-state index in [4.69, 9.17) is 13.9 Å². The summed E-state index contributed by atoms with van der Waals surface area (Å²) in [6.45, 7) is 16.4. The summed E-state index contributed by atoms with van der Waals surface area (Å²) >= 11 is 0. The molecule has 0 aliphatic rings. The predicted octanol–water partition coefficient (Wildman–Crippen LogP) is 2.65. The van der Waals surface area contributed by atoms with Crippen molar-refractivity contribution in [2.75, 3.05) is 0 Å². The minimum atomic E-state index is -1.87. The fraction of sp³-hybridized carbons (Fsp3) is 1.00. The lowest BCUT2D eigenvalue weighted by atomic mass is 10.0. The number of hydrogen-bond donors (Lipinski definition) is 1. The molecule has 0 saturated carbocycles. The van der Waals surface area contributed by atoms with Crippen LogP contribution >= 0.6 is 0 Å². The molecule has 0 aromatic carbocycles. The second-order valence-corrected chi connectivity index (χ2v) is 17.8. The molecule has 0 spiro atoms. The van der Waals surface area contributed by atoms with Gasteiger partial charge in [-0.15, -0.1) is 0 Å². The summed E-state index contributed by atoms with van der Waals surface area (Å²) in [6, 6.07) is 0. The van der Waals surface area contributed by atoms with Crippen LogP contribution in [0.4, 0.5) is 0 Å². The summed E-state index contributed by atoms with van der Waals surface area (Å²) in [5.41, 5.74) is 0.204. The molecule has 0 aromatic heterocycles. The van der Waals surface area contributed by atoms with Crippen LogP contribution in [0.2, 0.25) is 44.8 Å². The van der Waals surface area contributed by atoms with E-state index in [0.717, 1.165) is 23.1 Å². The summed E-state index contributed by atoms with van der Waals surface area (Å²) in [5, 5.41) is 10.3. The summed E-state index contributed by atoms with van der Waals surface area (Å²) in [6.07, 6.45) is 1.32. The van der Waals surface area contributed by atoms with Gasteiger partial charge in [0.2, 0.25) is 14.1 Å². The van der Waals surface area contributed by atoms with Crippen molar-refractivity contribution in [1.82, 2.24) is 0 Å². The molecule has 0 heterocycles. The molecule has 0 rings (SSSR count). The average molecular weight is 339 g/mol. The van der Waals surface area contributed by atoms with Crippen LogP contribution in [0.1, 0.15) is 26.7 Å². The van der Waals surface area contributed by atoms with E-state index in [2.05, 4.69) is 46.2 Å². The highest BCUT2D eigenvalue weighted by molar-refractivity contribution is 6.70. The first kappa shape index (κ1) is 20.5. The summed E-state index contributed by atoms with van der Waals surface area (Å²) < 4.78 is 12.0. The van der Waals surface area contributed by atoms with E-state index < -0.39 is 28.5 Å². The molecule has 122 valence electrons. The first-order valence-electron chi connectivity index (χ1n) is 7.59. The smallest absolute Gasteiger partial charge is 0.230 e. The van der Waals surface area contributed by atoms with Gasteiger partial charge in [0.05, 0.1) is 0 Å². The predicted molar refractivity (Wildman–Crippen MR) is 93.0 cm³/mol. The van der Waals surface area contributed by atoms with Crippen LogP contribution in [0, 0.1) is 0 Å². The molecule has 1 N–H and O–H groups in total. The van der Waals surface area contributed by atoms with Crippen molar-refractivity contribution in [2.24, 2.45) is 0 Å². The quantitative estimate of drug-likeness (QED) is 0.304. The Kier molecular flexibility index (Phi) is 7.85. The van der Waals surface area contributed by atoms with Gasteiger partial charge in [0.15, 0.2) is 8.32 Å². The Morgan fingerprint density at radius 3 is 1.90 bits per heavy atom. The summed E-state index contributed by atoms with van der Waals surface area (Å²) in [4.78, 5) is 5.80. The molecule has 3 unspecified atom stereocenters. The maximum absolute atomic E-state index is 10.3. The van der Waals surface area contributed by atoms with Gasteiger partial charge in [-0.25, -0.2) is 4.89 Å². The summed E-state index contributed by atoms with van der Waals surface area (Å²) in [5.74, 6) is -1.01. The minimum absolute atomic E-state index is 0.204. The zero-order valence-electron chi connectivity index (χ0n) is 14.7. The van der Waals surface area contributed by atoms with E-state index in [0.29, 0.717) is 0 Å². The molecule has 20 heavy (non-hydrogen) atoms. The molecule has 0 saturated heterocycles. The second kappa shape index (κ2) is 7.66. The second-order valence-electron chi connectivity index (χ2n) is 7.58. The number of aliphatic hydroxyl groups is 1. The molecular weight excluding hydrogens is 304 g/mol. The Hall–Kier alpha value is 0.491. The van der Waals surface area contributed by atoms with Crippen molar-refractivity contribution >= 4 is 26.9 Å². The van der Waals surface area contributed by atoms with Crippen molar-refractivity contribution in [2.45, 2.75) is 83.4 Å². The van der Waals surface area contributed by atoms with Crippen molar-refractivity contribution < 1.29 is 19.0 Å². The molecule has 0 aliphatic carbocycles. The SMILES string of the molecule is CCCC([SiH3])C(OO[Si](C)(C)C)(O[Si](C)(C)C)C(C)O. The molecule has 0 radical (unpaired) electrons. The molecule has 0 bridgehead atoms. The lowest BCUT2D eigenvalue weighted by molar-refractivity contribution is -0.390. The highest BCUT2D eigenvalue weighted by Gasteiger charge is 2.48. The molecule has 0 amide bonds. The molecule has 0 aliphatic heterocycles. The van der Waals surface area contributed by atoms with E-state index in [9.17, 15) is 5.11 Å². The highest BCUT2D eigenvalue weighted by Crippen LogP contribution is 2.37. The van der Waals surface area contributed by atoms with Crippen LogP contribution in [0.3, 0.4) is 0 Å². The maximum atomic E-state index is 10.3. The van der Waals surface area contributed by atoms with E-state index in [1.165, 1.54) is 0 Å². The van der Waals surface area contributed by atoms with Gasteiger partial charge >= 0.3 is 0 Å². The monoisotopic (exact) mass is 338 g/mol. The first-order chi connectivity index (χ1) is 8.84. The molecule has 0 aromatic rings. The third-order valence-corrected chi connectivity index (χ3v) is 5.78. The Balaban J connectivity index is 5.33. The van der Waals surface area contributed by atoms with Crippen molar-refractivity contribution in [3.8, 4) is 0 Å². The number of hydrogen-bond acceptors (Lipinski definition) is 4. The van der Waals surface area contributed by atoms with E-state index in [1.54, 1.807) is 6.92 Å². The Labute approximate surface area is 129 Å². The van der Waals surface area contributed by atoms with E-state index in [-0.39, 0.29) is 5.54 Å². The largest absolute Gasteiger partial charge is 0.388 e. The zero-order valence-corrected chi connectivity index (χ0v) is 18.7. The van der Waals surface area contributed by atoms with Gasteiger partial charge in [0.25, 0.3) is 0 Å². The van der Waals surface area contributed by atoms with E-state index >= 15 is 0 Å². The van der Waals surface area contributed by atoms with E-state index in [1.807, 2.05) is 0 Å². The van der Waals surface area contributed by atoms with Crippen LogP contribution in [-0.4, -0.2) is 43.9 Å². The Morgan fingerprint density at radius 2 is 1.60 bits per heavy atom.